The SMILES string of the molecule is CCOCCN1CCN(CC(=O)O)C[C@H]1CC. The highest BCUT2D eigenvalue weighted by Gasteiger charge is 2.26. The smallest absolute Gasteiger partial charge is 0.317 e. The van der Waals surface area contributed by atoms with Crippen LogP contribution < -0.4 is 0 Å². The molecule has 1 atom stereocenters. The molecule has 5 nitrogen and oxygen atoms in total. The molecule has 0 radical (unpaired) electrons. The number of carboxylic acid groups (broad SMARTS) is 1. The summed E-state index contributed by atoms with van der Waals surface area (Å²) in [5.74, 6) is -0.734. The topological polar surface area (TPSA) is 53.0 Å². The third kappa shape index (κ3) is 5.02. The predicted molar refractivity (Wildman–Crippen MR) is 66.2 cm³/mol. The summed E-state index contributed by atoms with van der Waals surface area (Å²) in [4.78, 5) is 15.1. The van der Waals surface area contributed by atoms with Gasteiger partial charge in [0, 0.05) is 38.8 Å². The fourth-order valence-corrected chi connectivity index (χ4v) is 2.30. The Morgan fingerprint density at radius 3 is 2.76 bits per heavy atom. The summed E-state index contributed by atoms with van der Waals surface area (Å²) in [6.45, 7) is 9.44. The normalized spacial score (nSPS) is 22.8. The van der Waals surface area contributed by atoms with Gasteiger partial charge in [-0.05, 0) is 13.3 Å². The summed E-state index contributed by atoms with van der Waals surface area (Å²) < 4.78 is 5.37. The van der Waals surface area contributed by atoms with Crippen molar-refractivity contribution in [3.8, 4) is 0 Å². The van der Waals surface area contributed by atoms with Crippen molar-refractivity contribution in [3.05, 3.63) is 0 Å². The van der Waals surface area contributed by atoms with Gasteiger partial charge in [-0.1, -0.05) is 6.92 Å². The molecule has 0 aliphatic carbocycles. The molecule has 100 valence electrons. The van der Waals surface area contributed by atoms with Gasteiger partial charge in [-0.15, -0.1) is 0 Å². The first-order valence-electron chi connectivity index (χ1n) is 6.43. The number of hydrogen-bond acceptors (Lipinski definition) is 4. The summed E-state index contributed by atoms with van der Waals surface area (Å²) in [5.41, 5.74) is 0. The molecule has 0 aromatic carbocycles. The van der Waals surface area contributed by atoms with Gasteiger partial charge in [0.05, 0.1) is 13.2 Å². The fraction of sp³-hybridized carbons (Fsp3) is 0.917. The van der Waals surface area contributed by atoms with Crippen molar-refractivity contribution in [2.24, 2.45) is 0 Å². The maximum absolute atomic E-state index is 10.7. The second-order valence-corrected chi connectivity index (χ2v) is 4.42. The van der Waals surface area contributed by atoms with E-state index in [-0.39, 0.29) is 6.54 Å². The summed E-state index contributed by atoms with van der Waals surface area (Å²) >= 11 is 0. The van der Waals surface area contributed by atoms with Crippen LogP contribution in [-0.2, 0) is 9.53 Å². The van der Waals surface area contributed by atoms with Crippen molar-refractivity contribution in [1.29, 1.82) is 0 Å². The van der Waals surface area contributed by atoms with Crippen molar-refractivity contribution in [2.45, 2.75) is 26.3 Å². The largest absolute Gasteiger partial charge is 0.480 e. The van der Waals surface area contributed by atoms with Gasteiger partial charge >= 0.3 is 5.97 Å². The average Bonchev–Trinajstić information content (AvgIpc) is 2.30. The summed E-state index contributed by atoms with van der Waals surface area (Å²) in [7, 11) is 0. The van der Waals surface area contributed by atoms with Gasteiger partial charge in [-0.2, -0.15) is 0 Å². The lowest BCUT2D eigenvalue weighted by atomic mass is 10.1. The molecule has 0 aromatic rings. The molecule has 1 saturated heterocycles. The van der Waals surface area contributed by atoms with E-state index in [4.69, 9.17) is 9.84 Å². The number of nitrogens with zero attached hydrogens (tertiary/aromatic N) is 2. The zero-order valence-electron chi connectivity index (χ0n) is 10.9. The Morgan fingerprint density at radius 2 is 2.18 bits per heavy atom. The molecule has 1 heterocycles. The van der Waals surface area contributed by atoms with Crippen LogP contribution in [0.15, 0.2) is 0 Å². The minimum Gasteiger partial charge on any atom is -0.480 e. The first-order chi connectivity index (χ1) is 8.17. The second-order valence-electron chi connectivity index (χ2n) is 4.42. The van der Waals surface area contributed by atoms with Gasteiger partial charge < -0.3 is 9.84 Å². The minimum atomic E-state index is -0.734. The van der Waals surface area contributed by atoms with Crippen LogP contribution in [0.2, 0.25) is 0 Å². The van der Waals surface area contributed by atoms with E-state index < -0.39 is 5.97 Å². The molecule has 1 aliphatic heterocycles. The molecule has 0 bridgehead atoms. The monoisotopic (exact) mass is 244 g/mol. The van der Waals surface area contributed by atoms with Crippen molar-refractivity contribution in [2.75, 3.05) is 45.9 Å². The lowest BCUT2D eigenvalue weighted by Crippen LogP contribution is -2.54. The summed E-state index contributed by atoms with van der Waals surface area (Å²) in [6, 6.07) is 0.462. The van der Waals surface area contributed by atoms with Gasteiger partial charge in [-0.3, -0.25) is 14.6 Å². The molecule has 5 heteroatoms. The minimum absolute atomic E-state index is 0.163. The maximum atomic E-state index is 10.7. The van der Waals surface area contributed by atoms with E-state index >= 15 is 0 Å². The Labute approximate surface area is 103 Å². The van der Waals surface area contributed by atoms with E-state index in [2.05, 4.69) is 11.8 Å². The Morgan fingerprint density at radius 1 is 1.41 bits per heavy atom. The van der Waals surface area contributed by atoms with Gasteiger partial charge in [0.2, 0.25) is 0 Å². The third-order valence-corrected chi connectivity index (χ3v) is 3.25. The van der Waals surface area contributed by atoms with E-state index in [0.29, 0.717) is 6.04 Å². The molecule has 0 amide bonds. The zero-order chi connectivity index (χ0) is 12.7. The van der Waals surface area contributed by atoms with Gasteiger partial charge in [0.1, 0.15) is 0 Å². The number of hydrogen-bond donors (Lipinski definition) is 1. The standard InChI is InChI=1S/C12H24N2O3/c1-3-11-9-13(10-12(15)16)5-6-14(11)7-8-17-4-2/h11H,3-10H2,1-2H3,(H,15,16)/t11-/m1/s1. The molecule has 17 heavy (non-hydrogen) atoms. The third-order valence-electron chi connectivity index (χ3n) is 3.25. The van der Waals surface area contributed by atoms with Crippen molar-refractivity contribution in [1.82, 2.24) is 9.80 Å². The van der Waals surface area contributed by atoms with Crippen LogP contribution in [0.25, 0.3) is 0 Å². The van der Waals surface area contributed by atoms with E-state index in [0.717, 1.165) is 45.8 Å². The maximum Gasteiger partial charge on any atom is 0.317 e. The predicted octanol–water partition coefficient (Wildman–Crippen LogP) is 0.504. The van der Waals surface area contributed by atoms with E-state index in [9.17, 15) is 4.79 Å². The van der Waals surface area contributed by atoms with Crippen LogP contribution in [0.3, 0.4) is 0 Å². The van der Waals surface area contributed by atoms with Crippen molar-refractivity contribution >= 4 is 5.97 Å². The van der Waals surface area contributed by atoms with Crippen molar-refractivity contribution < 1.29 is 14.6 Å². The fourth-order valence-electron chi connectivity index (χ4n) is 2.30. The quantitative estimate of drug-likeness (QED) is 0.661. The average molecular weight is 244 g/mol. The molecule has 1 rings (SSSR count). The van der Waals surface area contributed by atoms with Crippen LogP contribution in [0.4, 0.5) is 0 Å². The Kier molecular flexibility index (Phi) is 6.47. The van der Waals surface area contributed by atoms with E-state index in [1.165, 1.54) is 0 Å². The summed E-state index contributed by atoms with van der Waals surface area (Å²) in [6.07, 6.45) is 1.06. The summed E-state index contributed by atoms with van der Waals surface area (Å²) in [5, 5.41) is 8.79. The van der Waals surface area contributed by atoms with Crippen LogP contribution in [-0.4, -0.2) is 72.9 Å². The van der Waals surface area contributed by atoms with Gasteiger partial charge in [0.15, 0.2) is 0 Å². The number of carboxylic acids is 1. The van der Waals surface area contributed by atoms with Crippen LogP contribution in [0.1, 0.15) is 20.3 Å². The number of aliphatic carboxylic acids is 1. The molecular weight excluding hydrogens is 220 g/mol. The van der Waals surface area contributed by atoms with Crippen LogP contribution in [0, 0.1) is 0 Å². The molecule has 1 fully saturated rings. The molecule has 0 spiro atoms. The number of piperazine rings is 1. The number of ether oxygens (including phenoxy) is 1. The molecule has 1 aliphatic rings. The molecule has 1 N–H and O–H groups in total. The highest BCUT2D eigenvalue weighted by atomic mass is 16.5. The van der Waals surface area contributed by atoms with Gasteiger partial charge in [0.25, 0.3) is 0 Å². The lowest BCUT2D eigenvalue weighted by molar-refractivity contribution is -0.139. The highest BCUT2D eigenvalue weighted by molar-refractivity contribution is 5.69. The first kappa shape index (κ1) is 14.4. The zero-order valence-corrected chi connectivity index (χ0v) is 10.9. The first-order valence-corrected chi connectivity index (χ1v) is 6.43. The Bertz CT molecular complexity index is 236. The van der Waals surface area contributed by atoms with E-state index in [1.54, 1.807) is 0 Å². The molecule has 0 aromatic heterocycles. The highest BCUT2D eigenvalue weighted by Crippen LogP contribution is 2.12. The van der Waals surface area contributed by atoms with Crippen molar-refractivity contribution in [3.63, 3.8) is 0 Å². The lowest BCUT2D eigenvalue weighted by Gasteiger charge is -2.40. The molecule has 0 unspecified atom stereocenters. The number of carbonyl (C=O) groups is 1. The second kappa shape index (κ2) is 7.63. The van der Waals surface area contributed by atoms with Crippen LogP contribution >= 0.6 is 0 Å². The molecular formula is C12H24N2O3. The Hall–Kier alpha value is -0.650. The Balaban J connectivity index is 2.35. The van der Waals surface area contributed by atoms with Gasteiger partial charge in [-0.25, -0.2) is 0 Å². The molecule has 0 saturated carbocycles. The van der Waals surface area contributed by atoms with Crippen LogP contribution in [0.5, 0.6) is 0 Å². The van der Waals surface area contributed by atoms with E-state index in [1.807, 2.05) is 11.8 Å². The number of rotatable bonds is 7.